The molecule has 0 spiro atoms. The number of morpholine rings is 1. The van der Waals surface area contributed by atoms with Crippen LogP contribution in [0.4, 0.5) is 0 Å². The van der Waals surface area contributed by atoms with E-state index in [0.29, 0.717) is 35.5 Å². The summed E-state index contributed by atoms with van der Waals surface area (Å²) in [5.74, 6) is -0.0572. The van der Waals surface area contributed by atoms with Gasteiger partial charge in [0.1, 0.15) is 0 Å². The number of rotatable bonds is 2. The minimum atomic E-state index is -0.0572. The van der Waals surface area contributed by atoms with Crippen LogP contribution in [0.5, 0.6) is 0 Å². The van der Waals surface area contributed by atoms with Crippen molar-refractivity contribution < 1.29 is 9.53 Å². The van der Waals surface area contributed by atoms with Gasteiger partial charge < -0.3 is 4.74 Å². The van der Waals surface area contributed by atoms with Crippen LogP contribution in [0, 0.1) is 0 Å². The zero-order valence-electron chi connectivity index (χ0n) is 12.8. The smallest absolute Gasteiger partial charge is 0.280 e. The summed E-state index contributed by atoms with van der Waals surface area (Å²) in [6, 6.07) is 9.88. The van der Waals surface area contributed by atoms with Crippen LogP contribution in [0.15, 0.2) is 41.4 Å². The lowest BCUT2D eigenvalue weighted by Crippen LogP contribution is -2.50. The SMILES string of the molecule is O=C1C(=Cc2ccc3ncccc3c2)SC(=S)N1N1CCOCC1. The molecule has 1 aromatic carbocycles. The molecule has 0 N–H and O–H groups in total. The highest BCUT2D eigenvalue weighted by molar-refractivity contribution is 8.26. The number of ether oxygens (including phenoxy) is 1. The van der Waals surface area contributed by atoms with Gasteiger partial charge in [0, 0.05) is 24.7 Å². The number of hydrogen-bond donors (Lipinski definition) is 0. The van der Waals surface area contributed by atoms with Gasteiger partial charge in [-0.1, -0.05) is 36.1 Å². The van der Waals surface area contributed by atoms with Crippen LogP contribution in [-0.2, 0) is 9.53 Å². The fourth-order valence-corrected chi connectivity index (χ4v) is 4.10. The number of amides is 1. The molecule has 122 valence electrons. The van der Waals surface area contributed by atoms with Gasteiger partial charge in [-0.05, 0) is 29.8 Å². The Kier molecular flexibility index (Phi) is 4.32. The fraction of sp³-hybridized carbons (Fsp3) is 0.235. The number of thioether (sulfide) groups is 1. The van der Waals surface area contributed by atoms with Gasteiger partial charge in [-0.25, -0.2) is 10.0 Å². The molecule has 24 heavy (non-hydrogen) atoms. The lowest BCUT2D eigenvalue weighted by Gasteiger charge is -2.33. The van der Waals surface area contributed by atoms with E-state index in [9.17, 15) is 4.79 Å². The largest absolute Gasteiger partial charge is 0.379 e. The molecule has 3 heterocycles. The molecule has 0 unspecified atom stereocenters. The topological polar surface area (TPSA) is 45.7 Å². The minimum Gasteiger partial charge on any atom is -0.379 e. The van der Waals surface area contributed by atoms with Crippen LogP contribution in [0.1, 0.15) is 5.56 Å². The number of hydrogen-bond acceptors (Lipinski definition) is 6. The lowest BCUT2D eigenvalue weighted by molar-refractivity contribution is -0.138. The Labute approximate surface area is 149 Å². The standard InChI is InChI=1S/C17H15N3O2S2/c21-16-15(24-17(23)20(16)19-6-8-22-9-7-19)11-12-3-4-14-13(10-12)2-1-5-18-14/h1-5,10-11H,6-9H2. The number of aromatic nitrogens is 1. The molecule has 4 rings (SSSR count). The van der Waals surface area contributed by atoms with Crippen molar-refractivity contribution in [3.63, 3.8) is 0 Å². The first-order valence-electron chi connectivity index (χ1n) is 7.68. The van der Waals surface area contributed by atoms with Crippen LogP contribution in [0.2, 0.25) is 0 Å². The molecule has 7 heteroatoms. The summed E-state index contributed by atoms with van der Waals surface area (Å²) < 4.78 is 5.92. The maximum Gasteiger partial charge on any atom is 0.280 e. The van der Waals surface area contributed by atoms with Crippen molar-refractivity contribution in [3.8, 4) is 0 Å². The lowest BCUT2D eigenvalue weighted by atomic mass is 10.1. The van der Waals surface area contributed by atoms with E-state index in [1.54, 1.807) is 11.2 Å². The van der Waals surface area contributed by atoms with Crippen LogP contribution >= 0.6 is 24.0 Å². The molecule has 1 amide bonds. The average molecular weight is 357 g/mol. The first-order chi connectivity index (χ1) is 11.7. The second-order valence-electron chi connectivity index (χ2n) is 5.52. The van der Waals surface area contributed by atoms with Crippen molar-refractivity contribution in [1.82, 2.24) is 15.0 Å². The predicted molar refractivity (Wildman–Crippen MR) is 99.1 cm³/mol. The van der Waals surface area contributed by atoms with Gasteiger partial charge in [0.25, 0.3) is 5.91 Å². The quantitative estimate of drug-likeness (QED) is 0.608. The van der Waals surface area contributed by atoms with E-state index >= 15 is 0 Å². The van der Waals surface area contributed by atoms with E-state index in [1.807, 2.05) is 41.4 Å². The van der Waals surface area contributed by atoms with Crippen molar-refractivity contribution in [2.75, 3.05) is 26.3 Å². The van der Waals surface area contributed by atoms with Crippen LogP contribution in [-0.4, -0.2) is 51.5 Å². The highest BCUT2D eigenvalue weighted by Crippen LogP contribution is 2.34. The molecule has 5 nitrogen and oxygen atoms in total. The van der Waals surface area contributed by atoms with Gasteiger partial charge in [-0.3, -0.25) is 9.78 Å². The Morgan fingerprint density at radius 2 is 2.08 bits per heavy atom. The first-order valence-corrected chi connectivity index (χ1v) is 8.90. The summed E-state index contributed by atoms with van der Waals surface area (Å²) >= 11 is 6.75. The Hall–Kier alpha value is -1.80. The Morgan fingerprint density at radius 1 is 1.25 bits per heavy atom. The molecule has 0 saturated carbocycles. The number of carbonyl (C=O) groups excluding carboxylic acids is 1. The molecule has 0 bridgehead atoms. The zero-order valence-corrected chi connectivity index (χ0v) is 14.5. The molecular formula is C17H15N3O2S2. The minimum absolute atomic E-state index is 0.0572. The third-order valence-corrected chi connectivity index (χ3v) is 5.25. The summed E-state index contributed by atoms with van der Waals surface area (Å²) in [5.41, 5.74) is 1.91. The van der Waals surface area contributed by atoms with E-state index in [4.69, 9.17) is 17.0 Å². The fourth-order valence-electron chi connectivity index (χ4n) is 2.79. The molecule has 2 aliphatic heterocycles. The van der Waals surface area contributed by atoms with Crippen molar-refractivity contribution in [2.45, 2.75) is 0 Å². The second-order valence-corrected chi connectivity index (χ2v) is 7.19. The van der Waals surface area contributed by atoms with E-state index in [-0.39, 0.29) is 5.91 Å². The monoisotopic (exact) mass is 357 g/mol. The first kappa shape index (κ1) is 15.7. The summed E-state index contributed by atoms with van der Waals surface area (Å²) in [5, 5.41) is 4.62. The highest BCUT2D eigenvalue weighted by atomic mass is 32.2. The van der Waals surface area contributed by atoms with Gasteiger partial charge in [-0.2, -0.15) is 0 Å². The predicted octanol–water partition coefficient (Wildman–Crippen LogP) is 2.68. The molecule has 0 aliphatic carbocycles. The van der Waals surface area contributed by atoms with E-state index in [1.165, 1.54) is 11.8 Å². The maximum atomic E-state index is 12.7. The van der Waals surface area contributed by atoms with E-state index < -0.39 is 0 Å². The number of pyridine rings is 1. The molecule has 1 aromatic heterocycles. The third-order valence-electron chi connectivity index (χ3n) is 3.97. The van der Waals surface area contributed by atoms with Crippen molar-refractivity contribution in [1.29, 1.82) is 0 Å². The van der Waals surface area contributed by atoms with Gasteiger partial charge in [0.05, 0.1) is 23.6 Å². The third kappa shape index (κ3) is 2.95. The van der Waals surface area contributed by atoms with Gasteiger partial charge in [0.2, 0.25) is 0 Å². The van der Waals surface area contributed by atoms with E-state index in [0.717, 1.165) is 16.5 Å². The van der Waals surface area contributed by atoms with Gasteiger partial charge in [0.15, 0.2) is 4.32 Å². The van der Waals surface area contributed by atoms with Gasteiger partial charge >= 0.3 is 0 Å². The molecule has 2 aromatic rings. The molecule has 0 atom stereocenters. The Balaban J connectivity index is 1.62. The normalized spacial score (nSPS) is 21.2. The average Bonchev–Trinajstić information content (AvgIpc) is 2.89. The molecule has 2 saturated heterocycles. The van der Waals surface area contributed by atoms with E-state index in [2.05, 4.69) is 4.98 Å². The second kappa shape index (κ2) is 6.60. The number of thiocarbonyl (C=S) groups is 1. The van der Waals surface area contributed by atoms with Crippen molar-refractivity contribution in [3.05, 3.63) is 47.0 Å². The number of carbonyl (C=O) groups is 1. The zero-order chi connectivity index (χ0) is 16.5. The highest BCUT2D eigenvalue weighted by Gasteiger charge is 2.36. The molecule has 0 radical (unpaired) electrons. The Bertz CT molecular complexity index is 847. The molecule has 2 aliphatic rings. The summed E-state index contributed by atoms with van der Waals surface area (Å²) in [6.07, 6.45) is 3.67. The van der Waals surface area contributed by atoms with Gasteiger partial charge in [-0.15, -0.1) is 0 Å². The summed E-state index contributed by atoms with van der Waals surface area (Å²) in [6.45, 7) is 2.60. The van der Waals surface area contributed by atoms with Crippen molar-refractivity contribution >= 4 is 51.2 Å². The molecule has 2 fully saturated rings. The maximum absolute atomic E-state index is 12.7. The summed E-state index contributed by atoms with van der Waals surface area (Å²) in [4.78, 5) is 17.7. The summed E-state index contributed by atoms with van der Waals surface area (Å²) in [7, 11) is 0. The van der Waals surface area contributed by atoms with Crippen LogP contribution in [0.25, 0.3) is 17.0 Å². The number of nitrogens with zero attached hydrogens (tertiary/aromatic N) is 3. The number of benzene rings is 1. The van der Waals surface area contributed by atoms with Crippen LogP contribution < -0.4 is 0 Å². The van der Waals surface area contributed by atoms with Crippen molar-refractivity contribution in [2.24, 2.45) is 0 Å². The number of fused-ring (bicyclic) bond motifs is 1. The van der Waals surface area contributed by atoms with Crippen LogP contribution in [0.3, 0.4) is 0 Å². The molecular weight excluding hydrogens is 342 g/mol. The Morgan fingerprint density at radius 3 is 2.92 bits per heavy atom. The number of hydrazine groups is 1.